The summed E-state index contributed by atoms with van der Waals surface area (Å²) in [4.78, 5) is 13.6. The maximum absolute atomic E-state index is 13.4. The Morgan fingerprint density at radius 3 is 2.23 bits per heavy atom. The number of nitrogens with zero attached hydrogens (tertiary/aromatic N) is 1. The minimum absolute atomic E-state index is 0.218. The number of likely N-dealkylation sites (N-methyl/N-ethyl adjacent to an activating group) is 1. The van der Waals surface area contributed by atoms with Gasteiger partial charge in [0.2, 0.25) is 0 Å². The van der Waals surface area contributed by atoms with Crippen molar-refractivity contribution in [1.82, 2.24) is 4.90 Å². The van der Waals surface area contributed by atoms with Crippen LogP contribution < -0.4 is 4.74 Å². The van der Waals surface area contributed by atoms with Gasteiger partial charge >= 0.3 is 5.97 Å². The van der Waals surface area contributed by atoms with Gasteiger partial charge in [-0.15, -0.1) is 0 Å². The summed E-state index contributed by atoms with van der Waals surface area (Å²) in [5, 5.41) is 0. The third-order valence-corrected chi connectivity index (χ3v) is 4.96. The minimum atomic E-state index is -0.283. The van der Waals surface area contributed by atoms with E-state index in [0.29, 0.717) is 19.6 Å². The van der Waals surface area contributed by atoms with Crippen LogP contribution in [0, 0.1) is 5.82 Å². The Morgan fingerprint density at radius 1 is 0.935 bits per heavy atom. The number of carbonyl (C=O) groups is 1. The first-order valence-electron chi connectivity index (χ1n) is 10.5. The molecule has 0 aromatic heterocycles. The molecule has 0 heterocycles. The van der Waals surface area contributed by atoms with Gasteiger partial charge in [0.25, 0.3) is 0 Å². The predicted octanol–water partition coefficient (Wildman–Crippen LogP) is 5.50. The van der Waals surface area contributed by atoms with Crippen LogP contribution >= 0.6 is 0 Å². The van der Waals surface area contributed by atoms with E-state index in [4.69, 9.17) is 9.47 Å². The van der Waals surface area contributed by atoms with Crippen molar-refractivity contribution < 1.29 is 18.7 Å². The lowest BCUT2D eigenvalue weighted by molar-refractivity contribution is -0.144. The zero-order chi connectivity index (χ0) is 22.1. The number of halogens is 1. The largest absolute Gasteiger partial charge is 0.486 e. The number of esters is 1. The van der Waals surface area contributed by atoms with Crippen LogP contribution in [0.5, 0.6) is 5.75 Å². The lowest BCUT2D eigenvalue weighted by atomic mass is 10.0. The van der Waals surface area contributed by atoms with Gasteiger partial charge in [-0.3, -0.25) is 9.69 Å². The maximum atomic E-state index is 13.4. The van der Waals surface area contributed by atoms with Gasteiger partial charge in [0.1, 0.15) is 17.7 Å². The Bertz CT molecular complexity index is 943. The smallest absolute Gasteiger partial charge is 0.320 e. The Labute approximate surface area is 183 Å². The molecule has 3 aromatic rings. The molecular formula is C26H28FNO3. The first-order chi connectivity index (χ1) is 15.0. The van der Waals surface area contributed by atoms with Crippen molar-refractivity contribution in [3.05, 3.63) is 90.2 Å². The molecule has 162 valence electrons. The Morgan fingerprint density at radius 2 is 1.58 bits per heavy atom. The fourth-order valence-electron chi connectivity index (χ4n) is 3.34. The van der Waals surface area contributed by atoms with Gasteiger partial charge < -0.3 is 9.47 Å². The van der Waals surface area contributed by atoms with E-state index in [2.05, 4.69) is 12.1 Å². The fraction of sp³-hybridized carbons (Fsp3) is 0.269. The normalized spacial score (nSPS) is 11.9. The summed E-state index contributed by atoms with van der Waals surface area (Å²) in [6.45, 7) is 3.01. The third kappa shape index (κ3) is 6.93. The first kappa shape index (κ1) is 22.5. The Kier molecular flexibility index (Phi) is 8.19. The number of hydrogen-bond acceptors (Lipinski definition) is 4. The van der Waals surface area contributed by atoms with E-state index in [0.717, 1.165) is 22.4 Å². The molecular weight excluding hydrogens is 393 g/mol. The van der Waals surface area contributed by atoms with Gasteiger partial charge in [-0.1, -0.05) is 54.6 Å². The van der Waals surface area contributed by atoms with E-state index in [1.165, 1.54) is 12.1 Å². The molecule has 31 heavy (non-hydrogen) atoms. The average molecular weight is 422 g/mol. The molecule has 0 spiro atoms. The molecule has 0 amide bonds. The van der Waals surface area contributed by atoms with Crippen LogP contribution in [-0.2, 0) is 9.53 Å². The standard InChI is InChI=1S/C26H28FNO3/c1-3-30-26(29)19-28(2)18-17-25(22-9-13-23(27)14-10-22)31-24-15-11-21(12-16-24)20-7-5-4-6-8-20/h4-16,25H,3,17-19H2,1-2H3. The zero-order valence-corrected chi connectivity index (χ0v) is 18.0. The van der Waals surface area contributed by atoms with E-state index in [9.17, 15) is 9.18 Å². The zero-order valence-electron chi connectivity index (χ0n) is 18.0. The maximum Gasteiger partial charge on any atom is 0.320 e. The highest BCUT2D eigenvalue weighted by Crippen LogP contribution is 2.28. The van der Waals surface area contributed by atoms with E-state index in [1.54, 1.807) is 19.1 Å². The van der Waals surface area contributed by atoms with Crippen LogP contribution in [-0.4, -0.2) is 37.6 Å². The average Bonchev–Trinajstić information content (AvgIpc) is 2.78. The molecule has 1 unspecified atom stereocenters. The number of carbonyl (C=O) groups excluding carboxylic acids is 1. The van der Waals surface area contributed by atoms with Crippen LogP contribution in [0.4, 0.5) is 4.39 Å². The molecule has 0 aliphatic rings. The highest BCUT2D eigenvalue weighted by atomic mass is 19.1. The van der Waals surface area contributed by atoms with E-state index < -0.39 is 0 Å². The molecule has 5 heteroatoms. The molecule has 0 fully saturated rings. The molecule has 0 N–H and O–H groups in total. The number of hydrogen-bond donors (Lipinski definition) is 0. The van der Waals surface area contributed by atoms with Gasteiger partial charge in [-0.05, 0) is 54.9 Å². The summed E-state index contributed by atoms with van der Waals surface area (Å²) in [5.41, 5.74) is 3.14. The first-order valence-corrected chi connectivity index (χ1v) is 10.5. The molecule has 0 saturated carbocycles. The second-order valence-electron chi connectivity index (χ2n) is 7.38. The van der Waals surface area contributed by atoms with Gasteiger partial charge in [0.05, 0.1) is 13.2 Å². The monoisotopic (exact) mass is 421 g/mol. The van der Waals surface area contributed by atoms with E-state index in [1.807, 2.05) is 54.4 Å². The minimum Gasteiger partial charge on any atom is -0.486 e. The van der Waals surface area contributed by atoms with Crippen LogP contribution in [0.25, 0.3) is 11.1 Å². The van der Waals surface area contributed by atoms with Gasteiger partial charge in [0.15, 0.2) is 0 Å². The molecule has 0 saturated heterocycles. The van der Waals surface area contributed by atoms with Crippen molar-refractivity contribution in [2.75, 3.05) is 26.7 Å². The van der Waals surface area contributed by atoms with Gasteiger partial charge in [-0.25, -0.2) is 4.39 Å². The highest BCUT2D eigenvalue weighted by molar-refractivity contribution is 5.71. The lowest BCUT2D eigenvalue weighted by Crippen LogP contribution is -2.29. The quantitative estimate of drug-likeness (QED) is 0.405. The van der Waals surface area contributed by atoms with Crippen molar-refractivity contribution in [3.63, 3.8) is 0 Å². The molecule has 3 rings (SSSR count). The number of ether oxygens (including phenoxy) is 2. The van der Waals surface area contributed by atoms with Gasteiger partial charge in [-0.2, -0.15) is 0 Å². The Balaban J connectivity index is 1.69. The summed E-state index contributed by atoms with van der Waals surface area (Å²) in [6, 6.07) is 24.4. The molecule has 4 nitrogen and oxygen atoms in total. The molecule has 3 aromatic carbocycles. The molecule has 0 radical (unpaired) electrons. The third-order valence-electron chi connectivity index (χ3n) is 4.96. The lowest BCUT2D eigenvalue weighted by Gasteiger charge is -2.23. The highest BCUT2D eigenvalue weighted by Gasteiger charge is 2.16. The van der Waals surface area contributed by atoms with E-state index >= 15 is 0 Å². The van der Waals surface area contributed by atoms with Crippen molar-refractivity contribution >= 4 is 5.97 Å². The summed E-state index contributed by atoms with van der Waals surface area (Å²) in [6.07, 6.45) is 0.370. The number of rotatable bonds is 10. The van der Waals surface area contributed by atoms with Crippen molar-refractivity contribution in [2.24, 2.45) is 0 Å². The van der Waals surface area contributed by atoms with Crippen LogP contribution in [0.3, 0.4) is 0 Å². The fourth-order valence-corrected chi connectivity index (χ4v) is 3.34. The summed E-state index contributed by atoms with van der Waals surface area (Å²) in [5.74, 6) is 0.206. The van der Waals surface area contributed by atoms with Crippen molar-refractivity contribution in [1.29, 1.82) is 0 Å². The second-order valence-corrected chi connectivity index (χ2v) is 7.38. The van der Waals surface area contributed by atoms with Crippen LogP contribution in [0.2, 0.25) is 0 Å². The predicted molar refractivity (Wildman–Crippen MR) is 120 cm³/mol. The van der Waals surface area contributed by atoms with Crippen LogP contribution in [0.1, 0.15) is 25.0 Å². The van der Waals surface area contributed by atoms with Gasteiger partial charge in [0, 0.05) is 13.0 Å². The summed E-state index contributed by atoms with van der Waals surface area (Å²) in [7, 11) is 1.87. The van der Waals surface area contributed by atoms with Crippen molar-refractivity contribution in [3.8, 4) is 16.9 Å². The molecule has 1 atom stereocenters. The number of benzene rings is 3. The SMILES string of the molecule is CCOC(=O)CN(C)CCC(Oc1ccc(-c2ccccc2)cc1)c1ccc(F)cc1. The topological polar surface area (TPSA) is 38.8 Å². The Hall–Kier alpha value is -3.18. The summed E-state index contributed by atoms with van der Waals surface area (Å²) < 4.78 is 24.7. The molecule has 0 bridgehead atoms. The molecule has 0 aliphatic heterocycles. The van der Waals surface area contributed by atoms with E-state index in [-0.39, 0.29) is 24.4 Å². The van der Waals surface area contributed by atoms with Crippen molar-refractivity contribution in [2.45, 2.75) is 19.4 Å². The van der Waals surface area contributed by atoms with Crippen LogP contribution in [0.15, 0.2) is 78.9 Å². The second kappa shape index (κ2) is 11.3. The molecule has 0 aliphatic carbocycles. The summed E-state index contributed by atoms with van der Waals surface area (Å²) >= 11 is 0.